The van der Waals surface area contributed by atoms with Crippen molar-refractivity contribution < 1.29 is 14.0 Å². The van der Waals surface area contributed by atoms with E-state index in [4.69, 9.17) is 23.2 Å². The van der Waals surface area contributed by atoms with E-state index in [0.717, 1.165) is 5.56 Å². The van der Waals surface area contributed by atoms with E-state index in [1.165, 1.54) is 17.0 Å². The second kappa shape index (κ2) is 6.75. The second-order valence-electron chi connectivity index (χ2n) is 7.54. The van der Waals surface area contributed by atoms with Gasteiger partial charge in [0.15, 0.2) is 0 Å². The third-order valence-electron chi connectivity index (χ3n) is 5.63. The molecule has 1 N–H and O–H groups in total. The maximum atomic E-state index is 14.0. The SMILES string of the molecule is C[C@@]1(C(=O)N2c3ccccc3CC[C@H]2C(=O)Nc2ccccc2F)CC1(Cl)Cl. The van der Waals surface area contributed by atoms with Crippen LogP contribution < -0.4 is 10.2 Å². The Balaban J connectivity index is 1.69. The molecule has 1 aliphatic heterocycles. The first-order valence-corrected chi connectivity index (χ1v) is 9.85. The molecule has 4 rings (SSSR count). The average Bonchev–Trinajstić information content (AvgIpc) is 3.21. The van der Waals surface area contributed by atoms with Crippen LogP contribution in [0, 0.1) is 11.2 Å². The quantitative estimate of drug-likeness (QED) is 0.731. The molecule has 0 saturated heterocycles. The van der Waals surface area contributed by atoms with Crippen molar-refractivity contribution in [2.24, 2.45) is 5.41 Å². The fourth-order valence-corrected chi connectivity index (χ4v) is 4.42. The Hall–Kier alpha value is -2.11. The van der Waals surface area contributed by atoms with Crippen molar-refractivity contribution in [1.82, 2.24) is 0 Å². The zero-order chi connectivity index (χ0) is 20.1. The predicted molar refractivity (Wildman–Crippen MR) is 108 cm³/mol. The predicted octanol–water partition coefficient (Wildman–Crippen LogP) is 4.70. The summed E-state index contributed by atoms with van der Waals surface area (Å²) in [6.45, 7) is 1.71. The van der Waals surface area contributed by atoms with Crippen LogP contribution in [-0.2, 0) is 16.0 Å². The molecule has 2 aromatic rings. The summed E-state index contributed by atoms with van der Waals surface area (Å²) in [5.74, 6) is -1.26. The zero-order valence-corrected chi connectivity index (χ0v) is 16.7. The molecule has 1 saturated carbocycles. The number of alkyl halides is 2. The average molecular weight is 421 g/mol. The van der Waals surface area contributed by atoms with E-state index in [0.29, 0.717) is 24.9 Å². The van der Waals surface area contributed by atoms with Gasteiger partial charge in [-0.25, -0.2) is 4.39 Å². The Labute approximate surface area is 172 Å². The molecule has 0 spiro atoms. The summed E-state index contributed by atoms with van der Waals surface area (Å²) in [4.78, 5) is 27.9. The first-order valence-electron chi connectivity index (χ1n) is 9.09. The van der Waals surface area contributed by atoms with Crippen LogP contribution in [0.4, 0.5) is 15.8 Å². The summed E-state index contributed by atoms with van der Waals surface area (Å²) in [5, 5.41) is 2.61. The molecule has 2 aliphatic rings. The molecular formula is C21H19Cl2FN2O2. The highest BCUT2D eigenvalue weighted by molar-refractivity contribution is 6.53. The lowest BCUT2D eigenvalue weighted by Gasteiger charge is -2.38. The molecule has 0 bridgehead atoms. The number of anilines is 2. The van der Waals surface area contributed by atoms with Crippen molar-refractivity contribution in [3.8, 4) is 0 Å². The van der Waals surface area contributed by atoms with Crippen LogP contribution in [0.25, 0.3) is 0 Å². The van der Waals surface area contributed by atoms with E-state index >= 15 is 0 Å². The lowest BCUT2D eigenvalue weighted by atomic mass is 9.93. The summed E-state index contributed by atoms with van der Waals surface area (Å²) < 4.78 is 12.8. The highest BCUT2D eigenvalue weighted by atomic mass is 35.5. The molecule has 4 nitrogen and oxygen atoms in total. The Morgan fingerprint density at radius 1 is 1.14 bits per heavy atom. The Bertz CT molecular complexity index is 965. The monoisotopic (exact) mass is 420 g/mol. The molecule has 0 unspecified atom stereocenters. The first kappa shape index (κ1) is 19.2. The van der Waals surface area contributed by atoms with Gasteiger partial charge >= 0.3 is 0 Å². The minimum absolute atomic E-state index is 0.0837. The van der Waals surface area contributed by atoms with Crippen molar-refractivity contribution in [2.75, 3.05) is 10.2 Å². The Morgan fingerprint density at radius 3 is 2.46 bits per heavy atom. The van der Waals surface area contributed by atoms with Crippen LogP contribution in [-0.4, -0.2) is 22.2 Å². The molecule has 1 fully saturated rings. The maximum absolute atomic E-state index is 14.0. The highest BCUT2D eigenvalue weighted by Crippen LogP contribution is 2.65. The molecule has 2 atom stereocenters. The smallest absolute Gasteiger partial charge is 0.247 e. The number of nitrogens with zero attached hydrogens (tertiary/aromatic N) is 1. The fourth-order valence-electron chi connectivity index (χ4n) is 3.72. The van der Waals surface area contributed by atoms with Crippen molar-refractivity contribution in [1.29, 1.82) is 0 Å². The zero-order valence-electron chi connectivity index (χ0n) is 15.2. The number of halogens is 3. The van der Waals surface area contributed by atoms with Crippen LogP contribution in [0.15, 0.2) is 48.5 Å². The van der Waals surface area contributed by atoms with Crippen molar-refractivity contribution in [3.05, 3.63) is 59.9 Å². The van der Waals surface area contributed by atoms with Gasteiger partial charge in [-0.05, 0) is 49.9 Å². The molecule has 2 aromatic carbocycles. The number of benzene rings is 2. The van der Waals surface area contributed by atoms with Gasteiger partial charge in [0.05, 0.1) is 11.1 Å². The van der Waals surface area contributed by atoms with E-state index in [1.807, 2.05) is 24.3 Å². The van der Waals surface area contributed by atoms with Crippen LogP contribution in [0.3, 0.4) is 0 Å². The molecule has 2 amide bonds. The Morgan fingerprint density at radius 2 is 1.79 bits per heavy atom. The van der Waals surface area contributed by atoms with Crippen LogP contribution in [0.2, 0.25) is 0 Å². The number of rotatable bonds is 3. The van der Waals surface area contributed by atoms with E-state index in [2.05, 4.69) is 5.32 Å². The number of aryl methyl sites for hydroxylation is 1. The third-order valence-corrected chi connectivity index (χ3v) is 6.73. The topological polar surface area (TPSA) is 49.4 Å². The molecule has 0 aromatic heterocycles. The standard InChI is InChI=1S/C21H19Cl2FN2O2/c1-20(12-21(20,22)23)19(28)26-16-9-5-2-6-13(16)10-11-17(26)18(27)25-15-8-4-3-7-14(15)24/h2-9,17H,10-12H2,1H3,(H,25,27)/t17-,20-/m0/s1. The van der Waals surface area contributed by atoms with Crippen LogP contribution in [0.5, 0.6) is 0 Å². The molecule has 0 radical (unpaired) electrons. The number of amides is 2. The number of para-hydroxylation sites is 2. The summed E-state index contributed by atoms with van der Waals surface area (Å²) in [6, 6.07) is 12.6. The number of fused-ring (bicyclic) bond motifs is 1. The minimum Gasteiger partial charge on any atom is -0.322 e. The lowest BCUT2D eigenvalue weighted by molar-refractivity contribution is -0.127. The van der Waals surface area contributed by atoms with Gasteiger partial charge in [0.1, 0.15) is 16.2 Å². The van der Waals surface area contributed by atoms with Gasteiger partial charge in [-0.3, -0.25) is 14.5 Å². The van der Waals surface area contributed by atoms with E-state index in [1.54, 1.807) is 19.1 Å². The van der Waals surface area contributed by atoms with Crippen LogP contribution in [0.1, 0.15) is 25.3 Å². The molecule has 1 aliphatic carbocycles. The summed E-state index contributed by atoms with van der Waals surface area (Å²) >= 11 is 12.5. The van der Waals surface area contributed by atoms with Gasteiger partial charge in [-0.15, -0.1) is 23.2 Å². The normalized spacial score (nSPS) is 25.0. The van der Waals surface area contributed by atoms with Gasteiger partial charge in [0.25, 0.3) is 0 Å². The van der Waals surface area contributed by atoms with E-state index in [9.17, 15) is 14.0 Å². The van der Waals surface area contributed by atoms with Gasteiger partial charge in [0.2, 0.25) is 11.8 Å². The third kappa shape index (κ3) is 3.07. The molecular weight excluding hydrogens is 402 g/mol. The van der Waals surface area contributed by atoms with Crippen molar-refractivity contribution in [3.63, 3.8) is 0 Å². The van der Waals surface area contributed by atoms with Gasteiger partial charge < -0.3 is 5.32 Å². The largest absolute Gasteiger partial charge is 0.322 e. The van der Waals surface area contributed by atoms with Crippen molar-refractivity contribution in [2.45, 2.75) is 36.6 Å². The number of hydrogen-bond donors (Lipinski definition) is 1. The van der Waals surface area contributed by atoms with E-state index in [-0.39, 0.29) is 11.6 Å². The summed E-state index contributed by atoms with van der Waals surface area (Å²) in [6.07, 6.45) is 1.39. The lowest BCUT2D eigenvalue weighted by Crippen LogP contribution is -2.53. The van der Waals surface area contributed by atoms with Gasteiger partial charge in [0, 0.05) is 5.69 Å². The highest BCUT2D eigenvalue weighted by Gasteiger charge is 2.69. The molecule has 28 heavy (non-hydrogen) atoms. The van der Waals surface area contributed by atoms with Gasteiger partial charge in [-0.2, -0.15) is 0 Å². The second-order valence-corrected chi connectivity index (χ2v) is 9.02. The summed E-state index contributed by atoms with van der Waals surface area (Å²) in [5.41, 5.74) is 0.770. The summed E-state index contributed by atoms with van der Waals surface area (Å²) in [7, 11) is 0. The fraction of sp³-hybridized carbons (Fsp3) is 0.333. The number of carbonyl (C=O) groups excluding carboxylic acids is 2. The first-order chi connectivity index (χ1) is 13.2. The van der Waals surface area contributed by atoms with Gasteiger partial charge in [-0.1, -0.05) is 30.3 Å². The van der Waals surface area contributed by atoms with Crippen molar-refractivity contribution >= 4 is 46.4 Å². The Kier molecular flexibility index (Phi) is 4.63. The molecule has 1 heterocycles. The number of nitrogens with one attached hydrogen (secondary N) is 1. The minimum atomic E-state index is -1.15. The molecule has 146 valence electrons. The van der Waals surface area contributed by atoms with E-state index < -0.39 is 27.5 Å². The maximum Gasteiger partial charge on any atom is 0.247 e. The number of carbonyl (C=O) groups is 2. The molecule has 7 heteroatoms. The number of hydrogen-bond acceptors (Lipinski definition) is 2. The van der Waals surface area contributed by atoms with Crippen LogP contribution >= 0.6 is 23.2 Å².